The first kappa shape index (κ1) is 10.9. The molecule has 3 heteroatoms. The summed E-state index contributed by atoms with van der Waals surface area (Å²) in [4.78, 5) is 1.36. The van der Waals surface area contributed by atoms with Gasteiger partial charge in [0.05, 0.1) is 0 Å². The van der Waals surface area contributed by atoms with E-state index in [0.29, 0.717) is 9.81 Å². The molecule has 84 valence electrons. The third-order valence-corrected chi connectivity index (χ3v) is 5.31. The molecule has 0 N–H and O–H groups in total. The zero-order valence-electron chi connectivity index (χ0n) is 9.04. The minimum atomic E-state index is -3.06. The number of sulfone groups is 1. The van der Waals surface area contributed by atoms with Gasteiger partial charge in [0.2, 0.25) is 0 Å². The highest BCUT2D eigenvalue weighted by atomic mass is 32.2. The Balaban J connectivity index is 2.25. The van der Waals surface area contributed by atoms with Crippen LogP contribution < -0.4 is 0 Å². The van der Waals surface area contributed by atoms with Crippen LogP contribution in [0.2, 0.25) is 0 Å². The van der Waals surface area contributed by atoms with E-state index in [0.717, 1.165) is 51.4 Å². The van der Waals surface area contributed by atoms with E-state index in [-0.39, 0.29) is 0 Å². The molecule has 2 aliphatic carbocycles. The second kappa shape index (κ2) is 4.52. The lowest BCUT2D eigenvalue weighted by molar-refractivity contribution is 0.594. The molecule has 0 aromatic heterocycles. The van der Waals surface area contributed by atoms with Crippen molar-refractivity contribution in [2.45, 2.75) is 51.4 Å². The van der Waals surface area contributed by atoms with Crippen molar-refractivity contribution in [2.75, 3.05) is 0 Å². The number of hydrogen-bond acceptors (Lipinski definition) is 2. The molecule has 0 radical (unpaired) electrons. The standard InChI is InChI=1S/C12H18O2S/c13-15(14,11-7-3-1-4-8-11)12-9-5-2-6-10-12/h7,9H,1-6,8,10H2. The molecule has 0 amide bonds. The van der Waals surface area contributed by atoms with E-state index < -0.39 is 9.84 Å². The fourth-order valence-electron chi connectivity index (χ4n) is 2.27. The molecule has 0 aromatic rings. The first-order valence-electron chi connectivity index (χ1n) is 5.84. The molecule has 2 aliphatic rings. The number of hydrogen-bond donors (Lipinski definition) is 0. The van der Waals surface area contributed by atoms with Gasteiger partial charge in [-0.25, -0.2) is 8.42 Å². The maximum absolute atomic E-state index is 12.2. The van der Waals surface area contributed by atoms with Gasteiger partial charge in [0, 0.05) is 9.81 Å². The number of allylic oxidation sites excluding steroid dienone is 4. The Morgan fingerprint density at radius 3 is 1.60 bits per heavy atom. The van der Waals surface area contributed by atoms with E-state index in [4.69, 9.17) is 0 Å². The van der Waals surface area contributed by atoms with Crippen LogP contribution in [0, 0.1) is 0 Å². The quantitative estimate of drug-likeness (QED) is 0.724. The molecule has 0 heterocycles. The van der Waals surface area contributed by atoms with E-state index in [1.165, 1.54) is 0 Å². The van der Waals surface area contributed by atoms with E-state index in [1.54, 1.807) is 0 Å². The van der Waals surface area contributed by atoms with Gasteiger partial charge in [0.25, 0.3) is 0 Å². The fourth-order valence-corrected chi connectivity index (χ4v) is 4.11. The second-order valence-corrected chi connectivity index (χ2v) is 6.39. The van der Waals surface area contributed by atoms with Crippen LogP contribution in [0.1, 0.15) is 51.4 Å². The summed E-state index contributed by atoms with van der Waals surface area (Å²) in [6.07, 6.45) is 11.5. The smallest absolute Gasteiger partial charge is 0.198 e. The molecule has 0 fully saturated rings. The highest BCUT2D eigenvalue weighted by Crippen LogP contribution is 2.31. The Labute approximate surface area is 92.0 Å². The van der Waals surface area contributed by atoms with Crippen molar-refractivity contribution in [3.63, 3.8) is 0 Å². The summed E-state index contributed by atoms with van der Waals surface area (Å²) < 4.78 is 24.4. The second-order valence-electron chi connectivity index (χ2n) is 4.34. The summed E-state index contributed by atoms with van der Waals surface area (Å²) in [7, 11) is -3.06. The Kier molecular flexibility index (Phi) is 3.29. The lowest BCUT2D eigenvalue weighted by Gasteiger charge is -2.17. The summed E-state index contributed by atoms with van der Waals surface area (Å²) in [5, 5.41) is 0. The van der Waals surface area contributed by atoms with Crippen molar-refractivity contribution in [3.8, 4) is 0 Å². The molecule has 0 saturated heterocycles. The molecule has 2 rings (SSSR count). The first-order valence-corrected chi connectivity index (χ1v) is 7.33. The zero-order valence-corrected chi connectivity index (χ0v) is 9.85. The van der Waals surface area contributed by atoms with Gasteiger partial charge in [-0.15, -0.1) is 0 Å². The van der Waals surface area contributed by atoms with Crippen LogP contribution in [-0.4, -0.2) is 8.42 Å². The highest BCUT2D eigenvalue weighted by molar-refractivity contribution is 7.98. The summed E-state index contributed by atoms with van der Waals surface area (Å²) in [6, 6.07) is 0. The van der Waals surface area contributed by atoms with Gasteiger partial charge in [0.1, 0.15) is 0 Å². The van der Waals surface area contributed by atoms with Gasteiger partial charge >= 0.3 is 0 Å². The lowest BCUT2D eigenvalue weighted by atomic mass is 10.1. The summed E-state index contributed by atoms with van der Waals surface area (Å²) >= 11 is 0. The van der Waals surface area contributed by atoms with Crippen molar-refractivity contribution >= 4 is 9.84 Å². The highest BCUT2D eigenvalue weighted by Gasteiger charge is 2.24. The van der Waals surface area contributed by atoms with Crippen LogP contribution >= 0.6 is 0 Å². The predicted octanol–water partition coefficient (Wildman–Crippen LogP) is 3.32. The van der Waals surface area contributed by atoms with Crippen LogP contribution in [-0.2, 0) is 9.84 Å². The molecule has 2 nitrogen and oxygen atoms in total. The third kappa shape index (κ3) is 2.33. The van der Waals surface area contributed by atoms with Crippen LogP contribution in [0.25, 0.3) is 0 Å². The molecule has 0 saturated carbocycles. The molecular weight excluding hydrogens is 208 g/mol. The molecule has 15 heavy (non-hydrogen) atoms. The Hall–Kier alpha value is -0.570. The number of rotatable bonds is 2. The van der Waals surface area contributed by atoms with Crippen molar-refractivity contribution in [1.82, 2.24) is 0 Å². The van der Waals surface area contributed by atoms with Crippen LogP contribution in [0.4, 0.5) is 0 Å². The van der Waals surface area contributed by atoms with Crippen LogP contribution in [0.5, 0.6) is 0 Å². The fraction of sp³-hybridized carbons (Fsp3) is 0.667. The van der Waals surface area contributed by atoms with Crippen molar-refractivity contribution in [2.24, 2.45) is 0 Å². The van der Waals surface area contributed by atoms with Gasteiger partial charge in [-0.1, -0.05) is 12.2 Å². The maximum Gasteiger partial charge on any atom is 0.198 e. The predicted molar refractivity (Wildman–Crippen MR) is 62.0 cm³/mol. The Morgan fingerprint density at radius 1 is 0.800 bits per heavy atom. The minimum absolute atomic E-state index is 0.682. The zero-order chi connectivity index (χ0) is 10.7. The monoisotopic (exact) mass is 226 g/mol. The van der Waals surface area contributed by atoms with E-state index in [1.807, 2.05) is 12.2 Å². The lowest BCUT2D eigenvalue weighted by Crippen LogP contribution is -2.11. The molecule has 0 bridgehead atoms. The van der Waals surface area contributed by atoms with Gasteiger partial charge in [-0.3, -0.25) is 0 Å². The van der Waals surface area contributed by atoms with E-state index in [9.17, 15) is 8.42 Å². The van der Waals surface area contributed by atoms with Gasteiger partial charge in [-0.2, -0.15) is 0 Å². The molecular formula is C12H18O2S. The SMILES string of the molecule is O=S(=O)(C1=CCCCC1)C1=CCCCC1. The molecule has 0 atom stereocenters. The average Bonchev–Trinajstić information content (AvgIpc) is 2.31. The third-order valence-electron chi connectivity index (χ3n) is 3.19. The van der Waals surface area contributed by atoms with Crippen molar-refractivity contribution in [1.29, 1.82) is 0 Å². The molecule has 0 aromatic carbocycles. The molecule has 0 aliphatic heterocycles. The van der Waals surface area contributed by atoms with E-state index >= 15 is 0 Å². The normalized spacial score (nSPS) is 23.2. The topological polar surface area (TPSA) is 34.1 Å². The van der Waals surface area contributed by atoms with Crippen LogP contribution in [0.3, 0.4) is 0 Å². The van der Waals surface area contributed by atoms with Gasteiger partial charge in [-0.05, 0) is 51.4 Å². The summed E-state index contributed by atoms with van der Waals surface area (Å²) in [5.74, 6) is 0. The average molecular weight is 226 g/mol. The largest absolute Gasteiger partial charge is 0.219 e. The Bertz CT molecular complexity index is 356. The molecule has 0 spiro atoms. The van der Waals surface area contributed by atoms with Gasteiger partial charge in [0.15, 0.2) is 9.84 Å². The minimum Gasteiger partial charge on any atom is -0.219 e. The first-order chi connectivity index (χ1) is 7.21. The van der Waals surface area contributed by atoms with Gasteiger partial charge < -0.3 is 0 Å². The van der Waals surface area contributed by atoms with Crippen LogP contribution in [0.15, 0.2) is 22.0 Å². The Morgan fingerprint density at radius 2 is 1.27 bits per heavy atom. The summed E-state index contributed by atoms with van der Waals surface area (Å²) in [5.41, 5.74) is 0. The molecule has 0 unspecified atom stereocenters. The maximum atomic E-state index is 12.2. The van der Waals surface area contributed by atoms with Crippen molar-refractivity contribution < 1.29 is 8.42 Å². The summed E-state index contributed by atoms with van der Waals surface area (Å²) in [6.45, 7) is 0. The van der Waals surface area contributed by atoms with E-state index in [2.05, 4.69) is 0 Å². The van der Waals surface area contributed by atoms with Crippen molar-refractivity contribution in [3.05, 3.63) is 22.0 Å².